The molecule has 0 heterocycles. The summed E-state index contributed by atoms with van der Waals surface area (Å²) in [6.07, 6.45) is 6.88. The molecule has 0 saturated heterocycles. The lowest BCUT2D eigenvalue weighted by Gasteiger charge is -2.17. The Kier molecular flexibility index (Phi) is 15.0. The minimum absolute atomic E-state index is 0.237. The zero-order valence-corrected chi connectivity index (χ0v) is 24.6. The van der Waals surface area contributed by atoms with Gasteiger partial charge in [-0.1, -0.05) is 43.2 Å². The Morgan fingerprint density at radius 3 is 2.00 bits per heavy atom. The summed E-state index contributed by atoms with van der Waals surface area (Å²) < 4.78 is 11.7. The maximum atomic E-state index is 13.2. The van der Waals surface area contributed by atoms with Crippen molar-refractivity contribution in [3.8, 4) is 11.5 Å². The fourth-order valence-electron chi connectivity index (χ4n) is 4.20. The zero-order chi connectivity index (χ0) is 28.5. The normalized spacial score (nSPS) is 11.1. The summed E-state index contributed by atoms with van der Waals surface area (Å²) in [5.74, 6) is 0.264. The molecule has 0 aromatic heterocycles. The van der Waals surface area contributed by atoms with Crippen molar-refractivity contribution in [1.82, 2.24) is 20.4 Å². The Labute approximate surface area is 235 Å². The number of ether oxygens (including phenoxy) is 2. The van der Waals surface area contributed by atoms with Crippen LogP contribution in [0.1, 0.15) is 64.8 Å². The van der Waals surface area contributed by atoms with E-state index in [0.29, 0.717) is 42.3 Å². The molecule has 0 saturated carbocycles. The maximum absolute atomic E-state index is 13.2. The number of aryl methyl sites for hydroxylation is 1. The van der Waals surface area contributed by atoms with E-state index in [9.17, 15) is 9.59 Å². The van der Waals surface area contributed by atoms with E-state index in [1.54, 1.807) is 12.1 Å². The van der Waals surface area contributed by atoms with Crippen LogP contribution in [0, 0.1) is 0 Å². The van der Waals surface area contributed by atoms with E-state index >= 15 is 0 Å². The molecule has 216 valence electrons. The van der Waals surface area contributed by atoms with Crippen molar-refractivity contribution < 1.29 is 19.1 Å². The quantitative estimate of drug-likeness (QED) is 0.260. The largest absolute Gasteiger partial charge is 0.493 e. The summed E-state index contributed by atoms with van der Waals surface area (Å²) in [6, 6.07) is 13.8. The highest BCUT2D eigenvalue weighted by Gasteiger charge is 2.21. The predicted octanol–water partition coefficient (Wildman–Crippen LogP) is 4.24. The number of amides is 2. The third kappa shape index (κ3) is 12.5. The van der Waals surface area contributed by atoms with Crippen molar-refractivity contribution in [2.45, 2.75) is 44.9 Å². The molecule has 2 aromatic carbocycles. The molecule has 0 aliphatic heterocycles. The lowest BCUT2D eigenvalue weighted by Crippen LogP contribution is -2.29. The van der Waals surface area contributed by atoms with Crippen molar-refractivity contribution in [2.24, 2.45) is 0 Å². The van der Waals surface area contributed by atoms with Gasteiger partial charge >= 0.3 is 0 Å². The standard InChI is InChI=1S/C31H48N4O4/c1-34(2)20-13-18-32-30(36)26-23-27(31(37)33-19-14-21-35(3)4)29(28(24-26)38-5)39-22-12-7-6-9-15-25-16-10-8-11-17-25/h8,10-11,16-17,23-24H,6-7,9,12-15,18-22H2,1-5H3,(H,32,36)(H,33,37). The van der Waals surface area contributed by atoms with Crippen LogP contribution >= 0.6 is 0 Å². The Morgan fingerprint density at radius 1 is 0.769 bits per heavy atom. The first-order chi connectivity index (χ1) is 18.8. The fourth-order valence-corrected chi connectivity index (χ4v) is 4.20. The molecule has 2 rings (SSSR count). The van der Waals surface area contributed by atoms with Gasteiger partial charge in [-0.15, -0.1) is 0 Å². The second kappa shape index (κ2) is 18.2. The molecule has 0 unspecified atom stereocenters. The number of methoxy groups -OCH3 is 1. The van der Waals surface area contributed by atoms with Crippen LogP contribution in [0.2, 0.25) is 0 Å². The summed E-state index contributed by atoms with van der Waals surface area (Å²) in [5.41, 5.74) is 2.06. The molecule has 8 nitrogen and oxygen atoms in total. The van der Waals surface area contributed by atoms with Crippen molar-refractivity contribution >= 4 is 11.8 Å². The highest BCUT2D eigenvalue weighted by Crippen LogP contribution is 2.33. The number of rotatable bonds is 19. The average Bonchev–Trinajstić information content (AvgIpc) is 2.92. The van der Waals surface area contributed by atoms with Gasteiger partial charge in [0, 0.05) is 18.7 Å². The molecule has 0 radical (unpaired) electrons. The van der Waals surface area contributed by atoms with Crippen LogP contribution in [-0.2, 0) is 6.42 Å². The van der Waals surface area contributed by atoms with Gasteiger partial charge in [0.25, 0.3) is 11.8 Å². The Balaban J connectivity index is 2.02. The molecule has 0 atom stereocenters. The number of hydrogen-bond acceptors (Lipinski definition) is 6. The Bertz CT molecular complexity index is 996. The van der Waals surface area contributed by atoms with Crippen molar-refractivity contribution in [1.29, 1.82) is 0 Å². The molecule has 0 spiro atoms. The van der Waals surface area contributed by atoms with E-state index in [-0.39, 0.29) is 11.8 Å². The van der Waals surface area contributed by atoms with E-state index in [1.165, 1.54) is 12.7 Å². The molecule has 0 fully saturated rings. The molecule has 2 N–H and O–H groups in total. The second-order valence-corrected chi connectivity index (χ2v) is 10.4. The molecule has 39 heavy (non-hydrogen) atoms. The van der Waals surface area contributed by atoms with Crippen LogP contribution < -0.4 is 20.1 Å². The van der Waals surface area contributed by atoms with Crippen molar-refractivity contribution in [3.63, 3.8) is 0 Å². The number of hydrogen-bond donors (Lipinski definition) is 2. The first kappa shape index (κ1) is 32.1. The topological polar surface area (TPSA) is 83.1 Å². The van der Waals surface area contributed by atoms with Gasteiger partial charge in [0.1, 0.15) is 0 Å². The third-order valence-electron chi connectivity index (χ3n) is 6.37. The highest BCUT2D eigenvalue weighted by atomic mass is 16.5. The van der Waals surface area contributed by atoms with Gasteiger partial charge in [-0.25, -0.2) is 0 Å². The number of carbonyl (C=O) groups excluding carboxylic acids is 2. The summed E-state index contributed by atoms with van der Waals surface area (Å²) in [7, 11) is 9.53. The maximum Gasteiger partial charge on any atom is 0.255 e. The van der Waals surface area contributed by atoms with Gasteiger partial charge in [-0.05, 0) is 91.1 Å². The summed E-state index contributed by atoms with van der Waals surface area (Å²) >= 11 is 0. The monoisotopic (exact) mass is 540 g/mol. The first-order valence-corrected chi connectivity index (χ1v) is 14.1. The molecule has 2 amide bonds. The van der Waals surface area contributed by atoms with E-state index in [4.69, 9.17) is 9.47 Å². The molecular weight excluding hydrogens is 492 g/mol. The van der Waals surface area contributed by atoms with Crippen LogP contribution in [0.25, 0.3) is 0 Å². The number of unbranched alkanes of at least 4 members (excludes halogenated alkanes) is 3. The number of nitrogens with one attached hydrogen (secondary N) is 2. The SMILES string of the molecule is COc1cc(C(=O)NCCCN(C)C)cc(C(=O)NCCCN(C)C)c1OCCCCCCc1ccccc1. The Morgan fingerprint density at radius 2 is 1.38 bits per heavy atom. The number of benzene rings is 2. The smallest absolute Gasteiger partial charge is 0.255 e. The van der Waals surface area contributed by atoms with E-state index in [2.05, 4.69) is 44.7 Å². The van der Waals surface area contributed by atoms with Gasteiger partial charge < -0.3 is 29.9 Å². The van der Waals surface area contributed by atoms with Crippen LogP contribution in [0.15, 0.2) is 42.5 Å². The van der Waals surface area contributed by atoms with Crippen LogP contribution in [0.5, 0.6) is 11.5 Å². The first-order valence-electron chi connectivity index (χ1n) is 14.1. The fraction of sp³-hybridized carbons (Fsp3) is 0.548. The molecule has 0 aliphatic carbocycles. The van der Waals surface area contributed by atoms with Crippen LogP contribution in [-0.4, -0.2) is 89.7 Å². The minimum atomic E-state index is -0.271. The zero-order valence-electron chi connectivity index (χ0n) is 24.6. The van der Waals surface area contributed by atoms with Crippen LogP contribution in [0.4, 0.5) is 0 Å². The molecule has 0 bridgehead atoms. The minimum Gasteiger partial charge on any atom is -0.493 e. The van der Waals surface area contributed by atoms with Gasteiger partial charge in [0.05, 0.1) is 19.3 Å². The molecule has 2 aromatic rings. The summed E-state index contributed by atoms with van der Waals surface area (Å²) in [5, 5.41) is 5.91. The van der Waals surface area contributed by atoms with E-state index < -0.39 is 0 Å². The van der Waals surface area contributed by atoms with Crippen LogP contribution in [0.3, 0.4) is 0 Å². The van der Waals surface area contributed by atoms with Crippen molar-refractivity contribution in [3.05, 3.63) is 59.2 Å². The van der Waals surface area contributed by atoms with E-state index in [0.717, 1.165) is 58.0 Å². The lowest BCUT2D eigenvalue weighted by molar-refractivity contribution is 0.0947. The third-order valence-corrected chi connectivity index (χ3v) is 6.37. The highest BCUT2D eigenvalue weighted by molar-refractivity contribution is 6.02. The van der Waals surface area contributed by atoms with E-state index in [1.807, 2.05) is 34.3 Å². The molecule has 0 aliphatic rings. The number of carbonyl (C=O) groups is 2. The summed E-state index contributed by atoms with van der Waals surface area (Å²) in [4.78, 5) is 30.2. The Hall–Kier alpha value is -3.10. The van der Waals surface area contributed by atoms with Gasteiger partial charge in [-0.3, -0.25) is 9.59 Å². The van der Waals surface area contributed by atoms with Gasteiger partial charge in [0.15, 0.2) is 11.5 Å². The summed E-state index contributed by atoms with van der Waals surface area (Å²) in [6.45, 7) is 3.30. The lowest BCUT2D eigenvalue weighted by atomic mass is 10.1. The average molecular weight is 541 g/mol. The molecular formula is C31H48N4O4. The molecule has 8 heteroatoms. The van der Waals surface area contributed by atoms with Gasteiger partial charge in [0.2, 0.25) is 0 Å². The van der Waals surface area contributed by atoms with Gasteiger partial charge in [-0.2, -0.15) is 0 Å². The second-order valence-electron chi connectivity index (χ2n) is 10.4. The predicted molar refractivity (Wildman–Crippen MR) is 158 cm³/mol. The van der Waals surface area contributed by atoms with Crippen molar-refractivity contribution in [2.75, 3.05) is 68.1 Å². The number of nitrogens with zero attached hydrogens (tertiary/aromatic N) is 2.